The SMILES string of the molecule is Cc1nc(NC(C)c2cccc(C(F)F)c2F)c2cn(C34CCC(O)(CC3)CC4)c(=O)c(C)c2n1. The summed E-state index contributed by atoms with van der Waals surface area (Å²) in [7, 11) is 0. The molecular formula is C26H29F3N4O2. The highest BCUT2D eigenvalue weighted by molar-refractivity contribution is 5.90. The molecule has 0 radical (unpaired) electrons. The third-order valence-electron chi connectivity index (χ3n) is 8.00. The summed E-state index contributed by atoms with van der Waals surface area (Å²) in [4.78, 5) is 22.5. The lowest BCUT2D eigenvalue weighted by Gasteiger charge is -2.51. The summed E-state index contributed by atoms with van der Waals surface area (Å²) in [6.45, 7) is 5.13. The van der Waals surface area contributed by atoms with Gasteiger partial charge >= 0.3 is 0 Å². The Balaban J connectivity index is 1.61. The number of aromatic nitrogens is 3. The first-order valence-corrected chi connectivity index (χ1v) is 12.0. The van der Waals surface area contributed by atoms with Crippen LogP contribution in [0.1, 0.15) is 80.4 Å². The maximum Gasteiger partial charge on any atom is 0.266 e. The van der Waals surface area contributed by atoms with Gasteiger partial charge in [-0.25, -0.2) is 23.1 Å². The quantitative estimate of drug-likeness (QED) is 0.501. The number of aliphatic hydroxyl groups is 1. The zero-order valence-electron chi connectivity index (χ0n) is 20.0. The standard InChI is InChI=1S/C26H29F3N4O2/c1-14-21-19(13-33(24(14)34)25-7-10-26(35,11-8-25)12-9-25)23(32-16(3)31-21)30-15(2)17-5-4-6-18(20(17)27)22(28)29/h4-6,13,15,22,35H,7-12H2,1-3H3,(H,30,31,32). The molecule has 3 aliphatic rings. The van der Waals surface area contributed by atoms with Gasteiger partial charge in [0.2, 0.25) is 0 Å². The zero-order valence-corrected chi connectivity index (χ0v) is 20.0. The third kappa shape index (κ3) is 3.90. The van der Waals surface area contributed by atoms with Crippen LogP contribution in [0.3, 0.4) is 0 Å². The predicted molar refractivity (Wildman–Crippen MR) is 127 cm³/mol. The first-order chi connectivity index (χ1) is 16.5. The van der Waals surface area contributed by atoms with Crippen molar-refractivity contribution in [2.24, 2.45) is 0 Å². The van der Waals surface area contributed by atoms with Gasteiger partial charge in [-0.1, -0.05) is 18.2 Å². The van der Waals surface area contributed by atoms with Crippen molar-refractivity contribution in [1.29, 1.82) is 0 Å². The number of aryl methyl sites for hydroxylation is 2. The van der Waals surface area contributed by atoms with Crippen LogP contribution in [0.15, 0.2) is 29.2 Å². The second kappa shape index (κ2) is 8.33. The van der Waals surface area contributed by atoms with Crippen LogP contribution >= 0.6 is 0 Å². The molecule has 3 aliphatic carbocycles. The molecule has 2 N–H and O–H groups in total. The number of rotatable bonds is 5. The van der Waals surface area contributed by atoms with Gasteiger partial charge in [0.05, 0.1) is 28.1 Å². The van der Waals surface area contributed by atoms with E-state index in [-0.39, 0.29) is 16.7 Å². The summed E-state index contributed by atoms with van der Waals surface area (Å²) < 4.78 is 43.1. The molecule has 6 rings (SSSR count). The van der Waals surface area contributed by atoms with Crippen molar-refractivity contribution in [1.82, 2.24) is 14.5 Å². The molecule has 2 aromatic heterocycles. The summed E-state index contributed by atoms with van der Waals surface area (Å²) in [5.74, 6) is -0.0903. The van der Waals surface area contributed by atoms with Gasteiger partial charge in [-0.2, -0.15) is 0 Å². The van der Waals surface area contributed by atoms with E-state index in [1.807, 2.05) is 0 Å². The Morgan fingerprint density at radius 2 is 1.69 bits per heavy atom. The molecule has 0 saturated heterocycles. The van der Waals surface area contributed by atoms with Crippen LogP contribution in [0, 0.1) is 19.7 Å². The van der Waals surface area contributed by atoms with Crippen molar-refractivity contribution in [2.75, 3.05) is 5.32 Å². The Morgan fingerprint density at radius 3 is 2.31 bits per heavy atom. The van der Waals surface area contributed by atoms with E-state index in [9.17, 15) is 23.1 Å². The van der Waals surface area contributed by atoms with Crippen molar-refractivity contribution >= 4 is 16.7 Å². The van der Waals surface area contributed by atoms with E-state index in [0.29, 0.717) is 66.6 Å². The molecule has 3 fully saturated rings. The molecule has 1 unspecified atom stereocenters. The molecule has 35 heavy (non-hydrogen) atoms. The lowest BCUT2D eigenvalue weighted by molar-refractivity contribution is -0.0865. The van der Waals surface area contributed by atoms with E-state index in [1.165, 1.54) is 12.1 Å². The number of fused-ring (bicyclic) bond motifs is 4. The summed E-state index contributed by atoms with van der Waals surface area (Å²) in [6, 6.07) is 3.30. The van der Waals surface area contributed by atoms with Crippen LogP contribution in [0.4, 0.5) is 19.0 Å². The van der Waals surface area contributed by atoms with E-state index in [2.05, 4.69) is 15.3 Å². The Bertz CT molecular complexity index is 1350. The topological polar surface area (TPSA) is 80.0 Å². The first-order valence-electron chi connectivity index (χ1n) is 12.0. The molecular weight excluding hydrogens is 457 g/mol. The van der Waals surface area contributed by atoms with Crippen LogP contribution < -0.4 is 10.9 Å². The normalized spacial score (nSPS) is 24.8. The molecule has 186 valence electrons. The second-order valence-corrected chi connectivity index (χ2v) is 10.2. The van der Waals surface area contributed by atoms with Gasteiger partial charge in [0.1, 0.15) is 17.5 Å². The minimum atomic E-state index is -2.91. The summed E-state index contributed by atoms with van der Waals surface area (Å²) >= 11 is 0. The van der Waals surface area contributed by atoms with E-state index in [1.54, 1.807) is 31.5 Å². The average molecular weight is 487 g/mol. The number of hydrogen-bond donors (Lipinski definition) is 2. The molecule has 0 spiro atoms. The number of halogens is 3. The van der Waals surface area contributed by atoms with Gasteiger partial charge in [-0.05, 0) is 59.3 Å². The Morgan fingerprint density at radius 1 is 1.06 bits per heavy atom. The number of pyridine rings is 1. The van der Waals surface area contributed by atoms with E-state index < -0.39 is 29.4 Å². The number of nitrogens with zero attached hydrogens (tertiary/aromatic N) is 3. The van der Waals surface area contributed by atoms with Crippen molar-refractivity contribution < 1.29 is 18.3 Å². The second-order valence-electron chi connectivity index (χ2n) is 10.2. The van der Waals surface area contributed by atoms with Crippen LogP contribution in [-0.4, -0.2) is 25.2 Å². The molecule has 1 atom stereocenters. The highest BCUT2D eigenvalue weighted by Crippen LogP contribution is 2.50. The lowest BCUT2D eigenvalue weighted by Crippen LogP contribution is -2.53. The largest absolute Gasteiger partial charge is 0.390 e. The maximum atomic E-state index is 14.8. The number of anilines is 1. The van der Waals surface area contributed by atoms with Gasteiger partial charge in [-0.3, -0.25) is 4.79 Å². The fourth-order valence-electron chi connectivity index (χ4n) is 5.78. The molecule has 6 nitrogen and oxygen atoms in total. The van der Waals surface area contributed by atoms with Gasteiger partial charge < -0.3 is 15.0 Å². The van der Waals surface area contributed by atoms with Crippen molar-refractivity contribution in [2.45, 2.75) is 82.9 Å². The summed E-state index contributed by atoms with van der Waals surface area (Å²) in [5.41, 5.74) is -0.640. The fourth-order valence-corrected chi connectivity index (χ4v) is 5.78. The molecule has 2 bridgehead atoms. The van der Waals surface area contributed by atoms with E-state index in [0.717, 1.165) is 6.07 Å². The molecule has 3 saturated carbocycles. The predicted octanol–water partition coefficient (Wildman–Crippen LogP) is 5.45. The smallest absolute Gasteiger partial charge is 0.266 e. The Kier molecular flexibility index (Phi) is 5.66. The number of nitrogens with one attached hydrogen (secondary N) is 1. The van der Waals surface area contributed by atoms with Gasteiger partial charge in [0.15, 0.2) is 0 Å². The first kappa shape index (κ1) is 23.8. The van der Waals surface area contributed by atoms with E-state index >= 15 is 0 Å². The molecule has 2 heterocycles. The van der Waals surface area contributed by atoms with E-state index in [4.69, 9.17) is 0 Å². The fraction of sp³-hybridized carbons (Fsp3) is 0.500. The van der Waals surface area contributed by atoms with Crippen molar-refractivity contribution in [3.63, 3.8) is 0 Å². The van der Waals surface area contributed by atoms with Gasteiger partial charge in [-0.15, -0.1) is 0 Å². The van der Waals surface area contributed by atoms with Gasteiger partial charge in [0.25, 0.3) is 12.0 Å². The molecule has 0 aliphatic heterocycles. The van der Waals surface area contributed by atoms with Crippen molar-refractivity contribution in [3.8, 4) is 0 Å². The zero-order chi connectivity index (χ0) is 25.1. The van der Waals surface area contributed by atoms with Crippen LogP contribution in [0.5, 0.6) is 0 Å². The van der Waals surface area contributed by atoms with Crippen LogP contribution in [0.2, 0.25) is 0 Å². The summed E-state index contributed by atoms with van der Waals surface area (Å²) in [5, 5.41) is 14.4. The molecule has 1 aromatic carbocycles. The monoisotopic (exact) mass is 486 g/mol. The Hall–Kier alpha value is -2.94. The molecule has 9 heteroatoms. The summed E-state index contributed by atoms with van der Waals surface area (Å²) in [6.07, 6.45) is 2.98. The molecule has 0 amide bonds. The highest BCUT2D eigenvalue weighted by atomic mass is 19.3. The minimum absolute atomic E-state index is 0.106. The maximum absolute atomic E-state index is 14.8. The highest BCUT2D eigenvalue weighted by Gasteiger charge is 2.49. The average Bonchev–Trinajstić information content (AvgIpc) is 2.82. The minimum Gasteiger partial charge on any atom is -0.390 e. The third-order valence-corrected chi connectivity index (χ3v) is 8.00. The van der Waals surface area contributed by atoms with Gasteiger partial charge in [0, 0.05) is 22.9 Å². The van der Waals surface area contributed by atoms with Crippen molar-refractivity contribution in [3.05, 3.63) is 63.1 Å². The van der Waals surface area contributed by atoms with Crippen LogP contribution in [-0.2, 0) is 5.54 Å². The Labute approximate surface area is 201 Å². The number of hydrogen-bond acceptors (Lipinski definition) is 5. The van der Waals surface area contributed by atoms with Crippen LogP contribution in [0.25, 0.3) is 10.9 Å². The number of alkyl halides is 2. The number of benzene rings is 1. The molecule has 3 aromatic rings. The lowest BCUT2D eigenvalue weighted by atomic mass is 9.63.